The lowest BCUT2D eigenvalue weighted by atomic mass is 10.1. The molecule has 1 aliphatic heterocycles. The Morgan fingerprint density at radius 2 is 2.31 bits per heavy atom. The van der Waals surface area contributed by atoms with Crippen molar-refractivity contribution in [1.82, 2.24) is 4.90 Å². The van der Waals surface area contributed by atoms with Gasteiger partial charge in [-0.2, -0.15) is 0 Å². The number of carbonyl (C=O) groups is 1. The first-order valence-electron chi connectivity index (χ1n) is 6.02. The van der Waals surface area contributed by atoms with E-state index < -0.39 is 0 Å². The lowest BCUT2D eigenvalue weighted by Crippen LogP contribution is -2.48. The van der Waals surface area contributed by atoms with Crippen LogP contribution in [-0.2, 0) is 14.3 Å². The Labute approximate surface area is 97.9 Å². The minimum Gasteiger partial charge on any atom is -0.385 e. The van der Waals surface area contributed by atoms with Crippen LogP contribution in [0.25, 0.3) is 0 Å². The van der Waals surface area contributed by atoms with Crippen LogP contribution in [0, 0.1) is 0 Å². The first-order valence-corrected chi connectivity index (χ1v) is 6.02. The number of hydrogen-bond acceptors (Lipinski definition) is 4. The molecule has 1 unspecified atom stereocenters. The minimum absolute atomic E-state index is 0.211. The van der Waals surface area contributed by atoms with Gasteiger partial charge in [0.2, 0.25) is 0 Å². The van der Waals surface area contributed by atoms with Crippen molar-refractivity contribution in [3.63, 3.8) is 0 Å². The van der Waals surface area contributed by atoms with Crippen LogP contribution >= 0.6 is 0 Å². The maximum atomic E-state index is 11.8. The van der Waals surface area contributed by atoms with Crippen LogP contribution in [0.15, 0.2) is 0 Å². The van der Waals surface area contributed by atoms with Crippen molar-refractivity contribution in [2.24, 2.45) is 0 Å². The van der Waals surface area contributed by atoms with Crippen molar-refractivity contribution in [3.05, 3.63) is 0 Å². The molecule has 94 valence electrons. The molecule has 0 radical (unpaired) electrons. The molecular formula is C12H23NO3. The average molecular weight is 229 g/mol. The standard InChI is InChI=1S/C12H23NO3/c1-10(2)13-6-8-16-12(9-13)11(14)5-4-7-15-3/h10,12H,4-9H2,1-3H3. The molecule has 0 aliphatic carbocycles. The zero-order valence-electron chi connectivity index (χ0n) is 10.6. The summed E-state index contributed by atoms with van der Waals surface area (Å²) in [4.78, 5) is 14.1. The van der Waals surface area contributed by atoms with E-state index in [0.29, 0.717) is 25.7 Å². The van der Waals surface area contributed by atoms with Crippen molar-refractivity contribution in [3.8, 4) is 0 Å². The molecule has 1 heterocycles. The molecule has 16 heavy (non-hydrogen) atoms. The van der Waals surface area contributed by atoms with Gasteiger partial charge < -0.3 is 9.47 Å². The first kappa shape index (κ1) is 13.6. The molecule has 4 heteroatoms. The van der Waals surface area contributed by atoms with Crippen molar-refractivity contribution in [2.75, 3.05) is 33.4 Å². The second-order valence-corrected chi connectivity index (χ2v) is 4.51. The topological polar surface area (TPSA) is 38.8 Å². The lowest BCUT2D eigenvalue weighted by molar-refractivity contribution is -0.137. The summed E-state index contributed by atoms with van der Waals surface area (Å²) in [7, 11) is 1.65. The molecular weight excluding hydrogens is 206 g/mol. The monoisotopic (exact) mass is 229 g/mol. The van der Waals surface area contributed by atoms with Gasteiger partial charge in [0.05, 0.1) is 6.61 Å². The fourth-order valence-electron chi connectivity index (χ4n) is 1.88. The summed E-state index contributed by atoms with van der Waals surface area (Å²) in [5.41, 5.74) is 0. The highest BCUT2D eigenvalue weighted by Gasteiger charge is 2.26. The minimum atomic E-state index is -0.229. The normalized spacial score (nSPS) is 22.6. The van der Waals surface area contributed by atoms with Crippen molar-refractivity contribution < 1.29 is 14.3 Å². The van der Waals surface area contributed by atoms with Gasteiger partial charge in [0, 0.05) is 39.3 Å². The molecule has 0 N–H and O–H groups in total. The van der Waals surface area contributed by atoms with Gasteiger partial charge in [-0.1, -0.05) is 0 Å². The SMILES string of the molecule is COCCCC(=O)C1CN(C(C)C)CCO1. The number of ether oxygens (including phenoxy) is 2. The quantitative estimate of drug-likeness (QED) is 0.639. The van der Waals surface area contributed by atoms with E-state index in [2.05, 4.69) is 18.7 Å². The Kier molecular flexibility index (Phi) is 5.95. The zero-order valence-corrected chi connectivity index (χ0v) is 10.6. The van der Waals surface area contributed by atoms with E-state index in [1.807, 2.05) is 0 Å². The van der Waals surface area contributed by atoms with Crippen molar-refractivity contribution in [2.45, 2.75) is 38.8 Å². The van der Waals surface area contributed by atoms with Gasteiger partial charge in [0.15, 0.2) is 5.78 Å². The predicted molar refractivity (Wildman–Crippen MR) is 62.6 cm³/mol. The number of ketones is 1. The first-order chi connectivity index (χ1) is 7.65. The molecule has 0 amide bonds. The fourth-order valence-corrected chi connectivity index (χ4v) is 1.88. The van der Waals surface area contributed by atoms with E-state index >= 15 is 0 Å². The Morgan fingerprint density at radius 1 is 1.56 bits per heavy atom. The van der Waals surface area contributed by atoms with Gasteiger partial charge >= 0.3 is 0 Å². The molecule has 0 saturated carbocycles. The highest BCUT2D eigenvalue weighted by Crippen LogP contribution is 2.11. The maximum absolute atomic E-state index is 11.8. The summed E-state index contributed by atoms with van der Waals surface area (Å²) in [6.07, 6.45) is 1.12. The Bertz CT molecular complexity index is 218. The Hall–Kier alpha value is -0.450. The largest absolute Gasteiger partial charge is 0.385 e. The molecule has 1 saturated heterocycles. The van der Waals surface area contributed by atoms with Gasteiger partial charge in [-0.3, -0.25) is 9.69 Å². The molecule has 4 nitrogen and oxygen atoms in total. The van der Waals surface area contributed by atoms with Crippen LogP contribution in [0.1, 0.15) is 26.7 Å². The summed E-state index contributed by atoms with van der Waals surface area (Å²) < 4.78 is 10.5. The molecule has 0 aromatic carbocycles. The number of methoxy groups -OCH3 is 1. The molecule has 1 fully saturated rings. The summed E-state index contributed by atoms with van der Waals surface area (Å²) in [5.74, 6) is 0.211. The van der Waals surface area contributed by atoms with E-state index in [9.17, 15) is 4.79 Å². The number of Topliss-reactive ketones (excluding diaryl/α,β-unsaturated/α-hetero) is 1. The third-order valence-electron chi connectivity index (χ3n) is 2.96. The number of carbonyl (C=O) groups excluding carboxylic acids is 1. The Morgan fingerprint density at radius 3 is 2.94 bits per heavy atom. The molecule has 1 rings (SSSR count). The fraction of sp³-hybridized carbons (Fsp3) is 0.917. The van der Waals surface area contributed by atoms with Crippen LogP contribution in [0.5, 0.6) is 0 Å². The third-order valence-corrected chi connectivity index (χ3v) is 2.96. The number of rotatable bonds is 6. The summed E-state index contributed by atoms with van der Waals surface area (Å²) in [5, 5.41) is 0. The van der Waals surface area contributed by atoms with E-state index in [1.165, 1.54) is 0 Å². The van der Waals surface area contributed by atoms with Gasteiger partial charge in [-0.25, -0.2) is 0 Å². The smallest absolute Gasteiger partial charge is 0.162 e. The van der Waals surface area contributed by atoms with Crippen molar-refractivity contribution >= 4 is 5.78 Å². The summed E-state index contributed by atoms with van der Waals surface area (Å²) >= 11 is 0. The number of hydrogen-bond donors (Lipinski definition) is 0. The molecule has 0 aromatic heterocycles. The van der Waals surface area contributed by atoms with E-state index in [1.54, 1.807) is 7.11 Å². The van der Waals surface area contributed by atoms with Crippen LogP contribution < -0.4 is 0 Å². The van der Waals surface area contributed by atoms with E-state index in [0.717, 1.165) is 19.5 Å². The highest BCUT2D eigenvalue weighted by molar-refractivity contribution is 5.83. The van der Waals surface area contributed by atoms with Crippen LogP contribution in [0.2, 0.25) is 0 Å². The summed E-state index contributed by atoms with van der Waals surface area (Å²) in [6.45, 7) is 7.28. The predicted octanol–water partition coefficient (Wildman–Crippen LogP) is 1.09. The molecule has 1 atom stereocenters. The second kappa shape index (κ2) is 6.99. The number of nitrogens with zero attached hydrogens (tertiary/aromatic N) is 1. The van der Waals surface area contributed by atoms with Crippen molar-refractivity contribution in [1.29, 1.82) is 0 Å². The molecule has 0 aromatic rings. The highest BCUT2D eigenvalue weighted by atomic mass is 16.5. The van der Waals surface area contributed by atoms with Crippen LogP contribution in [-0.4, -0.2) is 56.2 Å². The second-order valence-electron chi connectivity index (χ2n) is 4.51. The number of morpholine rings is 1. The van der Waals surface area contributed by atoms with Gasteiger partial charge in [-0.15, -0.1) is 0 Å². The molecule has 0 spiro atoms. The van der Waals surface area contributed by atoms with Gasteiger partial charge in [0.25, 0.3) is 0 Å². The molecule has 1 aliphatic rings. The molecule has 0 bridgehead atoms. The lowest BCUT2D eigenvalue weighted by Gasteiger charge is -2.34. The maximum Gasteiger partial charge on any atom is 0.162 e. The van der Waals surface area contributed by atoms with Crippen LogP contribution in [0.4, 0.5) is 0 Å². The third kappa shape index (κ3) is 4.20. The Balaban J connectivity index is 2.32. The van der Waals surface area contributed by atoms with E-state index in [4.69, 9.17) is 9.47 Å². The average Bonchev–Trinajstić information content (AvgIpc) is 2.29. The zero-order chi connectivity index (χ0) is 12.0. The van der Waals surface area contributed by atoms with Gasteiger partial charge in [0.1, 0.15) is 6.10 Å². The van der Waals surface area contributed by atoms with Crippen LogP contribution in [0.3, 0.4) is 0 Å². The van der Waals surface area contributed by atoms with Gasteiger partial charge in [-0.05, 0) is 20.3 Å². The van der Waals surface area contributed by atoms with E-state index in [-0.39, 0.29) is 11.9 Å². The summed E-state index contributed by atoms with van der Waals surface area (Å²) in [6, 6.07) is 0.484.